The minimum Gasteiger partial charge on any atom is -0.455 e. The molecule has 19 heteroatoms. The highest BCUT2D eigenvalue weighted by Gasteiger charge is 2.80. The van der Waals surface area contributed by atoms with Gasteiger partial charge in [-0.2, -0.15) is 0 Å². The minimum absolute atomic E-state index is 0.0995. The van der Waals surface area contributed by atoms with Gasteiger partial charge in [0.15, 0.2) is 24.3 Å². The molecule has 3 heterocycles. The molecule has 2 saturated carbocycles. The van der Waals surface area contributed by atoms with Crippen molar-refractivity contribution in [2.24, 2.45) is 22.7 Å². The number of carbonyl (C=O) groups is 5. The summed E-state index contributed by atoms with van der Waals surface area (Å²) in [5.41, 5.74) is -6.90. The average molecular weight is 1130 g/mol. The summed E-state index contributed by atoms with van der Waals surface area (Å²) >= 11 is 0. The largest absolute Gasteiger partial charge is 0.509 e. The highest BCUT2D eigenvalue weighted by atomic mass is 16.8. The zero-order valence-electron chi connectivity index (χ0n) is 49.8. The maximum Gasteiger partial charge on any atom is 0.509 e. The van der Waals surface area contributed by atoms with Crippen LogP contribution in [0.25, 0.3) is 0 Å². The van der Waals surface area contributed by atoms with E-state index in [1.54, 1.807) is 27.7 Å². The number of hydrogen-bond acceptors (Lipinski definition) is 18. The molecule has 0 spiro atoms. The van der Waals surface area contributed by atoms with Crippen LogP contribution in [0.1, 0.15) is 179 Å². The van der Waals surface area contributed by atoms with Gasteiger partial charge in [0.2, 0.25) is 6.10 Å². The van der Waals surface area contributed by atoms with Crippen LogP contribution in [0, 0.1) is 22.7 Å². The Hall–Kier alpha value is -4.37. The van der Waals surface area contributed by atoms with Gasteiger partial charge in [-0.1, -0.05) is 97.1 Å². The fraction of sp³-hybridized carbons (Fsp3) is 0.787. The standard InChI is InChI=1S/C61H95NO18/c1-14-16-17-18-19-20-21-22-23-24-25-26-27-28-29-30-47-70-34-41(74-47)35-71-56(68)78-49(42(31-37(3)4)62-55(67)80-57(8,9)10)54(66)75-43-33-60(58(11,12)69)48(38(43)5)50(73-39(6)63)53-59(13)44(76-46(15-2)77-53)32-45-61(36-72-45,79-40(7)64)51(59)52(60)65/h15,18-19,21-22,37,41-47,49-53,65,69H,2,14,16-17,20,23-36H2,1,3-13H3,(H,62,67)/b19-18-,22-21-/t41?,42-,43-,44-,45+,46-,47?,49+,50-,51-,52-,53-,59+,60-,61-/m0/s1. The van der Waals surface area contributed by atoms with Crippen LogP contribution in [0.2, 0.25) is 0 Å². The molecule has 452 valence electrons. The molecule has 6 aliphatic rings. The van der Waals surface area contributed by atoms with Crippen LogP contribution in [0.5, 0.6) is 0 Å². The number of nitrogens with one attached hydrogen (secondary N) is 1. The highest BCUT2D eigenvalue weighted by molar-refractivity contribution is 5.80. The first-order chi connectivity index (χ1) is 37.7. The molecule has 0 radical (unpaired) electrons. The molecule has 5 fully saturated rings. The Balaban J connectivity index is 1.20. The molecule has 0 aromatic heterocycles. The van der Waals surface area contributed by atoms with Gasteiger partial charge in [0, 0.05) is 38.0 Å². The number of ether oxygens (including phenoxy) is 11. The van der Waals surface area contributed by atoms with Crippen molar-refractivity contribution in [3.05, 3.63) is 48.1 Å². The molecule has 6 rings (SSSR count). The van der Waals surface area contributed by atoms with Crippen LogP contribution < -0.4 is 5.32 Å². The van der Waals surface area contributed by atoms with Crippen molar-refractivity contribution in [1.29, 1.82) is 0 Å². The number of fused-ring (bicyclic) bond motifs is 3. The number of hydrogen-bond donors (Lipinski definition) is 3. The zero-order valence-corrected chi connectivity index (χ0v) is 49.8. The highest BCUT2D eigenvalue weighted by Crippen LogP contribution is 2.69. The van der Waals surface area contributed by atoms with E-state index in [2.05, 4.69) is 43.1 Å². The summed E-state index contributed by atoms with van der Waals surface area (Å²) in [4.78, 5) is 68.8. The predicted molar refractivity (Wildman–Crippen MR) is 294 cm³/mol. The molecular weight excluding hydrogens is 1030 g/mol. The first-order valence-corrected chi connectivity index (χ1v) is 29.4. The lowest BCUT2D eigenvalue weighted by molar-refractivity contribution is -0.393. The van der Waals surface area contributed by atoms with Gasteiger partial charge in [-0.25, -0.2) is 14.4 Å². The van der Waals surface area contributed by atoms with Crippen LogP contribution in [-0.2, 0) is 66.5 Å². The molecular formula is C61H95NO18. The van der Waals surface area contributed by atoms with Gasteiger partial charge in [-0.15, -0.1) is 0 Å². The van der Waals surface area contributed by atoms with Crippen LogP contribution in [0.3, 0.4) is 0 Å². The van der Waals surface area contributed by atoms with E-state index in [0.29, 0.717) is 12.0 Å². The van der Waals surface area contributed by atoms with E-state index < -0.39 is 131 Å². The molecule has 1 amide bonds. The maximum atomic E-state index is 15.1. The molecule has 0 aromatic carbocycles. The van der Waals surface area contributed by atoms with E-state index in [1.807, 2.05) is 20.8 Å². The van der Waals surface area contributed by atoms with Crippen LogP contribution in [-0.4, -0.2) is 144 Å². The quantitative estimate of drug-likeness (QED) is 0.0300. The summed E-state index contributed by atoms with van der Waals surface area (Å²) < 4.78 is 67.2. The maximum absolute atomic E-state index is 15.1. The Morgan fingerprint density at radius 1 is 0.875 bits per heavy atom. The van der Waals surface area contributed by atoms with Crippen molar-refractivity contribution in [2.45, 2.75) is 264 Å². The molecule has 15 atom stereocenters. The normalized spacial score (nSPS) is 32.7. The third kappa shape index (κ3) is 15.1. The minimum atomic E-state index is -1.90. The van der Waals surface area contributed by atoms with Gasteiger partial charge >= 0.3 is 30.2 Å². The summed E-state index contributed by atoms with van der Waals surface area (Å²) in [6.07, 6.45) is 10.5. The monoisotopic (exact) mass is 1130 g/mol. The molecule has 0 aromatic rings. The first kappa shape index (κ1) is 64.8. The molecule has 0 bridgehead atoms. The van der Waals surface area contributed by atoms with E-state index in [-0.39, 0.29) is 50.6 Å². The number of aliphatic hydroxyl groups excluding tert-OH is 1. The smallest absolute Gasteiger partial charge is 0.455 e. The topological polar surface area (TPSA) is 239 Å². The van der Waals surface area contributed by atoms with Crippen molar-refractivity contribution in [2.75, 3.05) is 19.8 Å². The Kier molecular flexibility index (Phi) is 22.5. The lowest BCUT2D eigenvalue weighted by atomic mass is 9.49. The Morgan fingerprint density at radius 3 is 2.15 bits per heavy atom. The van der Waals surface area contributed by atoms with Gasteiger partial charge in [0.05, 0.1) is 42.5 Å². The number of rotatable bonds is 27. The van der Waals surface area contributed by atoms with E-state index in [0.717, 1.165) is 44.9 Å². The SMILES string of the molecule is C=C[C@H]1O[C@H]2C[C@H]3OC[C@@]3(OC(C)=O)[C@H]3[C@H](O)[C@]4(C(C)(C)O)C[C@H](OC(=O)[C@H](OC(=O)OCC5COC(CCCCCCCC/C=C\C/C=C\CCCC)O5)[C@H](CC(C)C)NC(=O)OC(C)(C)C)C(C)=C4[C@H](OC(C)=O)[C@H](O1)[C@]23C. The van der Waals surface area contributed by atoms with Crippen LogP contribution in [0.15, 0.2) is 48.1 Å². The third-order valence-corrected chi connectivity index (χ3v) is 16.8. The molecule has 2 unspecified atom stereocenters. The summed E-state index contributed by atoms with van der Waals surface area (Å²) in [6.45, 7) is 23.6. The van der Waals surface area contributed by atoms with Crippen molar-refractivity contribution in [3.63, 3.8) is 0 Å². The second-order valence-corrected chi connectivity index (χ2v) is 25.0. The van der Waals surface area contributed by atoms with Crippen molar-refractivity contribution >= 4 is 30.2 Å². The van der Waals surface area contributed by atoms with Gasteiger partial charge in [0.25, 0.3) is 0 Å². The molecule has 3 aliphatic carbocycles. The Labute approximate surface area is 474 Å². The number of alkyl carbamates (subject to hydrolysis) is 1. The first-order valence-electron chi connectivity index (χ1n) is 29.4. The molecule has 3 aliphatic heterocycles. The number of carbonyl (C=O) groups excluding carboxylic acids is 5. The summed E-state index contributed by atoms with van der Waals surface area (Å²) in [5.74, 6) is -3.74. The zero-order chi connectivity index (χ0) is 58.8. The third-order valence-electron chi connectivity index (χ3n) is 16.8. The predicted octanol–water partition coefficient (Wildman–Crippen LogP) is 9.72. The number of unbranched alkanes of at least 4 members (excludes halogenated alkanes) is 8. The van der Waals surface area contributed by atoms with Crippen LogP contribution in [0.4, 0.5) is 9.59 Å². The van der Waals surface area contributed by atoms with E-state index in [9.17, 15) is 29.4 Å². The van der Waals surface area contributed by atoms with Crippen molar-refractivity contribution in [1.82, 2.24) is 5.32 Å². The fourth-order valence-electron chi connectivity index (χ4n) is 13.2. The Morgan fingerprint density at radius 2 is 1.55 bits per heavy atom. The second-order valence-electron chi connectivity index (χ2n) is 25.0. The number of amides is 1. The molecule has 80 heavy (non-hydrogen) atoms. The summed E-state index contributed by atoms with van der Waals surface area (Å²) in [5, 5.41) is 28.9. The van der Waals surface area contributed by atoms with E-state index in [4.69, 9.17) is 52.1 Å². The summed E-state index contributed by atoms with van der Waals surface area (Å²) in [7, 11) is 0. The molecule has 3 N–H and O–H groups in total. The van der Waals surface area contributed by atoms with E-state index >= 15 is 4.79 Å². The lowest BCUT2D eigenvalue weighted by Gasteiger charge is -2.67. The average Bonchev–Trinajstić information content (AvgIpc) is 3.57. The van der Waals surface area contributed by atoms with Gasteiger partial charge in [-0.3, -0.25) is 9.59 Å². The van der Waals surface area contributed by atoms with Crippen molar-refractivity contribution in [3.8, 4) is 0 Å². The Bertz CT molecular complexity index is 2230. The summed E-state index contributed by atoms with van der Waals surface area (Å²) in [6, 6.07) is -1.22. The second kappa shape index (κ2) is 27.8. The van der Waals surface area contributed by atoms with E-state index in [1.165, 1.54) is 59.5 Å². The van der Waals surface area contributed by atoms with Gasteiger partial charge in [-0.05, 0) is 110 Å². The fourth-order valence-corrected chi connectivity index (χ4v) is 13.2. The van der Waals surface area contributed by atoms with Crippen molar-refractivity contribution < 1.29 is 86.3 Å². The van der Waals surface area contributed by atoms with Gasteiger partial charge in [0.1, 0.15) is 36.6 Å². The number of aliphatic hydroxyl groups is 2. The molecule has 3 saturated heterocycles. The van der Waals surface area contributed by atoms with Gasteiger partial charge < -0.3 is 67.6 Å². The number of esters is 3. The lowest BCUT2D eigenvalue weighted by Crippen LogP contribution is -2.80. The number of allylic oxidation sites excluding steroid dienone is 4. The molecule has 19 nitrogen and oxygen atoms in total. The van der Waals surface area contributed by atoms with Crippen LogP contribution >= 0.6 is 0 Å².